The molecule has 1 heterocycles. The lowest BCUT2D eigenvalue weighted by molar-refractivity contribution is -0.203. The summed E-state index contributed by atoms with van der Waals surface area (Å²) >= 11 is 0. The second-order valence-corrected chi connectivity index (χ2v) is 5.63. The van der Waals surface area contributed by atoms with Crippen LogP contribution in [0.15, 0.2) is 12.2 Å². The van der Waals surface area contributed by atoms with Crippen LogP contribution in [0.25, 0.3) is 0 Å². The highest BCUT2D eigenvalue weighted by atomic mass is 16.7. The summed E-state index contributed by atoms with van der Waals surface area (Å²) in [6.45, 7) is 1.33. The molecule has 1 aliphatic heterocycles. The lowest BCUT2D eigenvalue weighted by Crippen LogP contribution is -2.47. The maximum absolute atomic E-state index is 11.6. The molecule has 18 heavy (non-hydrogen) atoms. The summed E-state index contributed by atoms with van der Waals surface area (Å²) in [5.74, 6) is 2.80. The normalized spacial score (nSPS) is 37.5. The van der Waals surface area contributed by atoms with Gasteiger partial charge >= 0.3 is 0 Å². The molecule has 96 valence electrons. The van der Waals surface area contributed by atoms with Crippen molar-refractivity contribution in [3.05, 3.63) is 12.2 Å². The Labute approximate surface area is 108 Å². The van der Waals surface area contributed by atoms with Gasteiger partial charge in [-0.1, -0.05) is 6.08 Å². The largest absolute Gasteiger partial charge is 0.348 e. The van der Waals surface area contributed by atoms with Crippen molar-refractivity contribution in [2.75, 3.05) is 13.2 Å². The molecule has 0 aromatic heterocycles. The van der Waals surface area contributed by atoms with Gasteiger partial charge in [0.25, 0.3) is 0 Å². The molecule has 0 radical (unpaired) electrons. The molecule has 2 fully saturated rings. The Balaban J connectivity index is 1.87. The van der Waals surface area contributed by atoms with E-state index in [4.69, 9.17) is 15.9 Å². The summed E-state index contributed by atoms with van der Waals surface area (Å²) in [5.41, 5.74) is -0.0107. The minimum absolute atomic E-state index is 0.0107. The first-order chi connectivity index (χ1) is 8.68. The molecule has 3 aliphatic rings. The van der Waals surface area contributed by atoms with Crippen LogP contribution in [0.5, 0.6) is 0 Å². The topological polar surface area (TPSA) is 35.5 Å². The number of ether oxygens (including phenoxy) is 2. The molecule has 1 spiro atoms. The number of terminal acetylenes is 1. The molecular formula is C15H18O3. The maximum atomic E-state index is 11.6. The summed E-state index contributed by atoms with van der Waals surface area (Å²) in [6, 6.07) is 0. The fourth-order valence-electron chi connectivity index (χ4n) is 3.61. The first-order valence-corrected chi connectivity index (χ1v) is 6.62. The molecule has 1 saturated heterocycles. The smallest absolute Gasteiger partial charge is 0.168 e. The Bertz CT molecular complexity index is 426. The molecule has 0 unspecified atom stereocenters. The molecular weight excluding hydrogens is 228 g/mol. The molecule has 0 N–H and O–H groups in total. The van der Waals surface area contributed by atoms with Gasteiger partial charge in [0.15, 0.2) is 11.6 Å². The zero-order chi connectivity index (χ0) is 12.6. The van der Waals surface area contributed by atoms with Crippen molar-refractivity contribution >= 4 is 5.78 Å². The van der Waals surface area contributed by atoms with E-state index in [0.717, 1.165) is 19.3 Å². The molecule has 2 aliphatic carbocycles. The van der Waals surface area contributed by atoms with Gasteiger partial charge in [-0.15, -0.1) is 12.3 Å². The van der Waals surface area contributed by atoms with E-state index in [1.165, 1.54) is 0 Å². The van der Waals surface area contributed by atoms with Gasteiger partial charge in [0.2, 0.25) is 0 Å². The Hall–Kier alpha value is -1.11. The van der Waals surface area contributed by atoms with Gasteiger partial charge in [-0.3, -0.25) is 4.79 Å². The average Bonchev–Trinajstić information content (AvgIpc) is 2.80. The average molecular weight is 246 g/mol. The van der Waals surface area contributed by atoms with Crippen LogP contribution in [0.3, 0.4) is 0 Å². The van der Waals surface area contributed by atoms with Crippen molar-refractivity contribution in [2.45, 2.75) is 37.9 Å². The van der Waals surface area contributed by atoms with Crippen molar-refractivity contribution < 1.29 is 14.3 Å². The predicted octanol–water partition coefficient (Wildman–Crippen LogP) is 2.07. The van der Waals surface area contributed by atoms with E-state index < -0.39 is 5.79 Å². The van der Waals surface area contributed by atoms with Crippen molar-refractivity contribution in [3.8, 4) is 12.3 Å². The third-order valence-electron chi connectivity index (χ3n) is 4.64. The van der Waals surface area contributed by atoms with Crippen LogP contribution < -0.4 is 0 Å². The van der Waals surface area contributed by atoms with Crippen LogP contribution in [-0.4, -0.2) is 24.8 Å². The van der Waals surface area contributed by atoms with E-state index in [2.05, 4.69) is 5.92 Å². The molecule has 0 aromatic carbocycles. The number of carbonyl (C=O) groups excluding carboxylic acids is 1. The number of ketones is 1. The molecule has 0 bridgehead atoms. The van der Waals surface area contributed by atoms with E-state index in [-0.39, 0.29) is 17.1 Å². The SMILES string of the molecule is C#CC[C@@]12C=CC(=O)C[C@@H]1CC1(CC2)OCCO1. The fraction of sp³-hybridized carbons (Fsp3) is 0.667. The highest BCUT2D eigenvalue weighted by Gasteiger charge is 2.52. The van der Waals surface area contributed by atoms with Gasteiger partial charge in [0.05, 0.1) is 13.2 Å². The van der Waals surface area contributed by atoms with Crippen LogP contribution in [0.2, 0.25) is 0 Å². The third kappa shape index (κ3) is 1.81. The predicted molar refractivity (Wildman–Crippen MR) is 66.6 cm³/mol. The van der Waals surface area contributed by atoms with Crippen LogP contribution in [0, 0.1) is 23.7 Å². The van der Waals surface area contributed by atoms with Gasteiger partial charge in [-0.05, 0) is 18.4 Å². The third-order valence-corrected chi connectivity index (χ3v) is 4.64. The number of rotatable bonds is 1. The summed E-state index contributed by atoms with van der Waals surface area (Å²) in [5, 5.41) is 0. The maximum Gasteiger partial charge on any atom is 0.168 e. The van der Waals surface area contributed by atoms with E-state index >= 15 is 0 Å². The zero-order valence-electron chi connectivity index (χ0n) is 10.5. The molecule has 2 atom stereocenters. The van der Waals surface area contributed by atoms with Gasteiger partial charge in [0, 0.05) is 31.1 Å². The van der Waals surface area contributed by atoms with Crippen LogP contribution in [-0.2, 0) is 14.3 Å². The highest BCUT2D eigenvalue weighted by molar-refractivity contribution is 5.91. The van der Waals surface area contributed by atoms with Gasteiger partial charge in [-0.25, -0.2) is 0 Å². The summed E-state index contributed by atoms with van der Waals surface area (Å²) in [7, 11) is 0. The quantitative estimate of drug-likeness (QED) is 0.664. The van der Waals surface area contributed by atoms with E-state index in [0.29, 0.717) is 26.1 Å². The van der Waals surface area contributed by atoms with Crippen LogP contribution >= 0.6 is 0 Å². The second-order valence-electron chi connectivity index (χ2n) is 5.63. The van der Waals surface area contributed by atoms with Crippen LogP contribution in [0.4, 0.5) is 0 Å². The monoisotopic (exact) mass is 246 g/mol. The molecule has 3 heteroatoms. The van der Waals surface area contributed by atoms with E-state index in [1.807, 2.05) is 6.08 Å². The van der Waals surface area contributed by atoms with Crippen molar-refractivity contribution in [1.29, 1.82) is 0 Å². The van der Waals surface area contributed by atoms with Crippen LogP contribution in [0.1, 0.15) is 32.1 Å². The molecule has 3 rings (SSSR count). The molecule has 0 amide bonds. The van der Waals surface area contributed by atoms with Gasteiger partial charge in [-0.2, -0.15) is 0 Å². The number of carbonyl (C=O) groups is 1. The number of fused-ring (bicyclic) bond motifs is 1. The second kappa shape index (κ2) is 4.22. The Morgan fingerprint density at radius 2 is 2.17 bits per heavy atom. The summed E-state index contributed by atoms with van der Waals surface area (Å²) in [6.07, 6.45) is 13.2. The van der Waals surface area contributed by atoms with Crippen molar-refractivity contribution in [2.24, 2.45) is 11.3 Å². The fourth-order valence-corrected chi connectivity index (χ4v) is 3.61. The highest BCUT2D eigenvalue weighted by Crippen LogP contribution is 2.53. The van der Waals surface area contributed by atoms with Crippen molar-refractivity contribution in [1.82, 2.24) is 0 Å². The standard InChI is InChI=1S/C15H18O3/c1-2-4-14-5-3-13(16)10-12(14)11-15(7-6-14)17-8-9-18-15/h1,3,5,12H,4,6-11H2/t12-,14+/m1/s1. The first-order valence-electron chi connectivity index (χ1n) is 6.62. The Kier molecular flexibility index (Phi) is 2.80. The minimum atomic E-state index is -0.436. The summed E-state index contributed by atoms with van der Waals surface area (Å²) in [4.78, 5) is 11.6. The number of allylic oxidation sites excluding steroid dienone is 2. The van der Waals surface area contributed by atoms with E-state index in [9.17, 15) is 4.79 Å². The van der Waals surface area contributed by atoms with Gasteiger partial charge < -0.3 is 9.47 Å². The van der Waals surface area contributed by atoms with E-state index in [1.54, 1.807) is 6.08 Å². The Morgan fingerprint density at radius 3 is 2.89 bits per heavy atom. The molecule has 0 aromatic rings. The number of hydrogen-bond acceptors (Lipinski definition) is 3. The number of hydrogen-bond donors (Lipinski definition) is 0. The Morgan fingerprint density at radius 1 is 1.39 bits per heavy atom. The minimum Gasteiger partial charge on any atom is -0.348 e. The lowest BCUT2D eigenvalue weighted by atomic mass is 9.59. The molecule has 1 saturated carbocycles. The van der Waals surface area contributed by atoms with Crippen molar-refractivity contribution in [3.63, 3.8) is 0 Å². The van der Waals surface area contributed by atoms with Gasteiger partial charge in [0.1, 0.15) is 0 Å². The molecule has 3 nitrogen and oxygen atoms in total. The lowest BCUT2D eigenvalue weighted by Gasteiger charge is -2.48. The summed E-state index contributed by atoms with van der Waals surface area (Å²) < 4.78 is 11.6. The first kappa shape index (κ1) is 12.0. The zero-order valence-corrected chi connectivity index (χ0v) is 10.5.